The first-order valence-electron chi connectivity index (χ1n) is 2.93. The standard InChI is InChI=1S/C8H5Cl2O/c9-8(10)6-11-7-4-2-1-3-5-7/h1-2,4-6H. The van der Waals surface area contributed by atoms with Crippen molar-refractivity contribution in [3.05, 3.63) is 41.1 Å². The van der Waals surface area contributed by atoms with E-state index in [1.54, 1.807) is 18.2 Å². The molecular formula is C8H5Cl2O. The van der Waals surface area contributed by atoms with Gasteiger partial charge in [-0.15, -0.1) is 0 Å². The van der Waals surface area contributed by atoms with E-state index in [0.29, 0.717) is 5.75 Å². The minimum atomic E-state index is 0.0915. The van der Waals surface area contributed by atoms with Gasteiger partial charge in [0.1, 0.15) is 16.5 Å². The Balaban J connectivity index is 2.59. The molecule has 0 saturated carbocycles. The van der Waals surface area contributed by atoms with Crippen molar-refractivity contribution in [1.82, 2.24) is 0 Å². The summed E-state index contributed by atoms with van der Waals surface area (Å²) in [5.74, 6) is 0.659. The Morgan fingerprint density at radius 2 is 2.36 bits per heavy atom. The third kappa shape index (κ3) is 3.30. The molecule has 0 unspecified atom stereocenters. The largest absolute Gasteiger partial charge is 0.462 e. The molecule has 0 bridgehead atoms. The van der Waals surface area contributed by atoms with Crippen LogP contribution in [0.5, 0.6) is 5.75 Å². The van der Waals surface area contributed by atoms with Gasteiger partial charge in [0.2, 0.25) is 0 Å². The molecule has 0 heterocycles. The predicted octanol–water partition coefficient (Wildman–Crippen LogP) is 3.14. The average molecular weight is 188 g/mol. The second-order valence-electron chi connectivity index (χ2n) is 1.76. The third-order valence-corrected chi connectivity index (χ3v) is 1.14. The van der Waals surface area contributed by atoms with E-state index in [4.69, 9.17) is 27.9 Å². The van der Waals surface area contributed by atoms with Crippen LogP contribution >= 0.6 is 23.2 Å². The van der Waals surface area contributed by atoms with Crippen LogP contribution < -0.4 is 4.74 Å². The van der Waals surface area contributed by atoms with Crippen LogP contribution in [0.2, 0.25) is 0 Å². The number of halogens is 2. The molecule has 1 rings (SSSR count). The summed E-state index contributed by atoms with van der Waals surface area (Å²) in [5.41, 5.74) is 0. The van der Waals surface area contributed by atoms with E-state index in [1.165, 1.54) is 6.26 Å². The summed E-state index contributed by atoms with van der Waals surface area (Å²) in [6.07, 6.45) is 1.26. The van der Waals surface area contributed by atoms with Crippen LogP contribution in [0.15, 0.2) is 35.0 Å². The molecule has 0 aromatic heterocycles. The third-order valence-electron chi connectivity index (χ3n) is 0.963. The van der Waals surface area contributed by atoms with Gasteiger partial charge in [0.25, 0.3) is 0 Å². The quantitative estimate of drug-likeness (QED) is 0.647. The van der Waals surface area contributed by atoms with Crippen molar-refractivity contribution in [2.24, 2.45) is 0 Å². The van der Waals surface area contributed by atoms with Gasteiger partial charge in [-0.25, -0.2) is 0 Å². The van der Waals surface area contributed by atoms with Crippen LogP contribution in [0.25, 0.3) is 0 Å². The molecule has 0 N–H and O–H groups in total. The highest BCUT2D eigenvalue weighted by Crippen LogP contribution is 2.12. The van der Waals surface area contributed by atoms with Gasteiger partial charge in [-0.3, -0.25) is 0 Å². The molecule has 11 heavy (non-hydrogen) atoms. The lowest BCUT2D eigenvalue weighted by Crippen LogP contribution is -1.79. The molecule has 0 amide bonds. The first-order chi connectivity index (χ1) is 5.29. The molecule has 0 saturated heterocycles. The van der Waals surface area contributed by atoms with E-state index in [-0.39, 0.29) is 4.49 Å². The Labute approximate surface area is 75.2 Å². The number of hydrogen-bond donors (Lipinski definition) is 0. The number of hydrogen-bond acceptors (Lipinski definition) is 1. The fraction of sp³-hybridized carbons (Fsp3) is 0. The molecule has 1 aromatic rings. The molecule has 1 aromatic carbocycles. The van der Waals surface area contributed by atoms with E-state index in [9.17, 15) is 0 Å². The van der Waals surface area contributed by atoms with Gasteiger partial charge in [0.15, 0.2) is 0 Å². The first kappa shape index (κ1) is 8.44. The zero-order valence-electron chi connectivity index (χ0n) is 5.55. The smallest absolute Gasteiger partial charge is 0.141 e. The summed E-state index contributed by atoms with van der Waals surface area (Å²) < 4.78 is 5.10. The predicted molar refractivity (Wildman–Crippen MR) is 45.7 cm³/mol. The summed E-state index contributed by atoms with van der Waals surface area (Å²) in [6.45, 7) is 0. The molecule has 0 aliphatic carbocycles. The van der Waals surface area contributed by atoms with Crippen molar-refractivity contribution in [2.75, 3.05) is 0 Å². The monoisotopic (exact) mass is 187 g/mol. The summed E-state index contributed by atoms with van der Waals surface area (Å²) in [7, 11) is 0. The second kappa shape index (κ2) is 4.27. The molecular weight excluding hydrogens is 183 g/mol. The van der Waals surface area contributed by atoms with Crippen LogP contribution in [-0.4, -0.2) is 0 Å². The highest BCUT2D eigenvalue weighted by Gasteiger charge is 1.87. The van der Waals surface area contributed by atoms with Crippen molar-refractivity contribution < 1.29 is 4.74 Å². The lowest BCUT2D eigenvalue weighted by atomic mass is 10.3. The molecule has 57 valence electrons. The topological polar surface area (TPSA) is 9.23 Å². The van der Waals surface area contributed by atoms with Crippen molar-refractivity contribution >= 4 is 23.2 Å². The molecule has 0 aliphatic rings. The molecule has 1 nitrogen and oxygen atoms in total. The maximum absolute atomic E-state index is 5.32. The Hall–Kier alpha value is -0.660. The van der Waals surface area contributed by atoms with Crippen LogP contribution in [0.4, 0.5) is 0 Å². The van der Waals surface area contributed by atoms with Crippen LogP contribution in [-0.2, 0) is 0 Å². The van der Waals surface area contributed by atoms with Crippen molar-refractivity contribution in [3.63, 3.8) is 0 Å². The summed E-state index contributed by atoms with van der Waals surface area (Å²) in [5, 5.41) is 0. The highest BCUT2D eigenvalue weighted by molar-refractivity contribution is 6.55. The summed E-state index contributed by atoms with van der Waals surface area (Å²) >= 11 is 10.6. The molecule has 0 aliphatic heterocycles. The Bertz CT molecular complexity index is 240. The molecule has 0 spiro atoms. The van der Waals surface area contributed by atoms with Crippen LogP contribution in [0.1, 0.15) is 0 Å². The van der Waals surface area contributed by atoms with Gasteiger partial charge in [-0.1, -0.05) is 35.3 Å². The van der Waals surface area contributed by atoms with Gasteiger partial charge in [0.05, 0.1) is 0 Å². The Kier molecular flexibility index (Phi) is 3.27. The van der Waals surface area contributed by atoms with Crippen molar-refractivity contribution in [2.45, 2.75) is 0 Å². The lowest BCUT2D eigenvalue weighted by molar-refractivity contribution is 0.481. The van der Waals surface area contributed by atoms with Gasteiger partial charge < -0.3 is 4.74 Å². The zero-order valence-corrected chi connectivity index (χ0v) is 7.06. The zero-order chi connectivity index (χ0) is 8.10. The lowest BCUT2D eigenvalue weighted by Gasteiger charge is -1.96. The van der Waals surface area contributed by atoms with E-state index < -0.39 is 0 Å². The van der Waals surface area contributed by atoms with Crippen LogP contribution in [0, 0.1) is 6.07 Å². The first-order valence-corrected chi connectivity index (χ1v) is 3.68. The van der Waals surface area contributed by atoms with E-state index in [2.05, 4.69) is 6.07 Å². The molecule has 0 atom stereocenters. The molecule has 1 radical (unpaired) electrons. The normalized spacial score (nSPS) is 8.91. The highest BCUT2D eigenvalue weighted by atomic mass is 35.5. The van der Waals surface area contributed by atoms with Crippen molar-refractivity contribution in [3.8, 4) is 5.75 Å². The molecule has 3 heteroatoms. The second-order valence-corrected chi connectivity index (χ2v) is 2.77. The van der Waals surface area contributed by atoms with E-state index in [1.807, 2.05) is 6.07 Å². The minimum absolute atomic E-state index is 0.0915. The van der Waals surface area contributed by atoms with Crippen molar-refractivity contribution in [1.29, 1.82) is 0 Å². The fourth-order valence-electron chi connectivity index (χ4n) is 0.563. The Morgan fingerprint density at radius 3 is 2.91 bits per heavy atom. The Morgan fingerprint density at radius 1 is 1.55 bits per heavy atom. The maximum atomic E-state index is 5.32. The minimum Gasteiger partial charge on any atom is -0.462 e. The summed E-state index contributed by atoms with van der Waals surface area (Å²) in [6, 6.07) is 9.90. The summed E-state index contributed by atoms with van der Waals surface area (Å²) in [4.78, 5) is 0. The SMILES string of the molecule is ClC(Cl)=COc1c[c]ccc1. The maximum Gasteiger partial charge on any atom is 0.141 e. The van der Waals surface area contributed by atoms with Gasteiger partial charge in [-0.2, -0.15) is 0 Å². The number of benzene rings is 1. The van der Waals surface area contributed by atoms with Gasteiger partial charge >= 0.3 is 0 Å². The fourth-order valence-corrected chi connectivity index (χ4v) is 0.652. The van der Waals surface area contributed by atoms with E-state index in [0.717, 1.165) is 0 Å². The number of ether oxygens (including phenoxy) is 1. The average Bonchev–Trinajstić information content (AvgIpc) is 2.03. The van der Waals surface area contributed by atoms with Gasteiger partial charge in [-0.05, 0) is 18.2 Å². The van der Waals surface area contributed by atoms with E-state index >= 15 is 0 Å². The van der Waals surface area contributed by atoms with Gasteiger partial charge in [0, 0.05) is 0 Å². The van der Waals surface area contributed by atoms with Crippen LogP contribution in [0.3, 0.4) is 0 Å². The number of rotatable bonds is 2. The molecule has 0 fully saturated rings.